The molecule has 0 bridgehead atoms. The number of phenolic OH excluding ortho intramolecular Hbond substituents is 1. The fourth-order valence-electron chi connectivity index (χ4n) is 6.55. The van der Waals surface area contributed by atoms with Crippen LogP contribution in [0, 0.1) is 6.92 Å². The molecule has 48 heavy (non-hydrogen) atoms. The number of aryl methyl sites for hydroxylation is 1. The molecule has 1 aliphatic heterocycles. The van der Waals surface area contributed by atoms with E-state index >= 15 is 0 Å². The largest absolute Gasteiger partial charge is 0.504 e. The normalized spacial score (nSPS) is 14.9. The van der Waals surface area contributed by atoms with Crippen LogP contribution in [0.1, 0.15) is 27.2 Å². The van der Waals surface area contributed by atoms with Crippen LogP contribution in [-0.2, 0) is 17.8 Å². The predicted octanol–water partition coefficient (Wildman–Crippen LogP) is 5.60. The fourth-order valence-corrected chi connectivity index (χ4v) is 6.55. The van der Waals surface area contributed by atoms with Gasteiger partial charge in [-0.2, -0.15) is 0 Å². The van der Waals surface area contributed by atoms with Gasteiger partial charge in [0.1, 0.15) is 5.75 Å². The Morgan fingerprint density at radius 3 is 2.23 bits per heavy atom. The molecule has 0 saturated carbocycles. The molecule has 6 rings (SSSR count). The lowest BCUT2D eigenvalue weighted by molar-refractivity contribution is -0.119. The summed E-state index contributed by atoms with van der Waals surface area (Å²) in [6.07, 6.45) is 0.721. The van der Waals surface area contributed by atoms with E-state index in [0.29, 0.717) is 35.0 Å². The van der Waals surface area contributed by atoms with E-state index in [0.717, 1.165) is 37.3 Å². The van der Waals surface area contributed by atoms with Crippen molar-refractivity contribution in [3.8, 4) is 34.2 Å². The van der Waals surface area contributed by atoms with E-state index in [1.165, 1.54) is 18.2 Å². The van der Waals surface area contributed by atoms with Gasteiger partial charge in [-0.15, -0.1) is 0 Å². The summed E-state index contributed by atoms with van der Waals surface area (Å²) >= 11 is 0. The molecule has 4 aromatic carbocycles. The monoisotopic (exact) mass is 644 g/mol. The highest BCUT2D eigenvalue weighted by atomic mass is 16.5. The van der Waals surface area contributed by atoms with Crippen LogP contribution < -0.4 is 15.2 Å². The number of ether oxygens (including phenoxy) is 2. The van der Waals surface area contributed by atoms with Crippen LogP contribution in [0.3, 0.4) is 0 Å². The van der Waals surface area contributed by atoms with Gasteiger partial charge in [0.25, 0.3) is 11.8 Å². The van der Waals surface area contributed by atoms with Gasteiger partial charge in [-0.1, -0.05) is 66.7 Å². The summed E-state index contributed by atoms with van der Waals surface area (Å²) in [4.78, 5) is 30.6. The van der Waals surface area contributed by atoms with E-state index in [1.54, 1.807) is 24.3 Å². The highest BCUT2D eigenvalue weighted by molar-refractivity contribution is 6.01. The van der Waals surface area contributed by atoms with E-state index in [4.69, 9.17) is 15.2 Å². The van der Waals surface area contributed by atoms with E-state index in [-0.39, 0.29) is 24.3 Å². The minimum absolute atomic E-state index is 0.00501. The third kappa shape index (κ3) is 7.06. The molecule has 246 valence electrons. The van der Waals surface area contributed by atoms with Crippen molar-refractivity contribution in [3.05, 3.63) is 132 Å². The summed E-state index contributed by atoms with van der Waals surface area (Å²) in [5.74, 6) is 0.137. The number of para-hydroxylation sites is 1. The average molecular weight is 645 g/mol. The quantitative estimate of drug-likeness (QED) is 0.194. The number of aromatic nitrogens is 1. The summed E-state index contributed by atoms with van der Waals surface area (Å²) in [6.45, 7) is 4.56. The smallest absolute Gasteiger partial charge is 0.256 e. The number of hydrogen-bond donors (Lipinski definition) is 2. The second-order valence-corrected chi connectivity index (χ2v) is 12.1. The second kappa shape index (κ2) is 14.5. The lowest BCUT2D eigenvalue weighted by Crippen LogP contribution is -2.55. The molecule has 9 heteroatoms. The number of aromatic hydroxyl groups is 1. The Morgan fingerprint density at radius 2 is 1.56 bits per heavy atom. The van der Waals surface area contributed by atoms with Crippen molar-refractivity contribution in [2.75, 3.05) is 33.4 Å². The zero-order chi connectivity index (χ0) is 33.6. The highest BCUT2D eigenvalue weighted by Crippen LogP contribution is 2.39. The molecule has 0 radical (unpaired) electrons. The van der Waals surface area contributed by atoms with Crippen molar-refractivity contribution in [2.45, 2.75) is 25.9 Å². The van der Waals surface area contributed by atoms with Gasteiger partial charge in [-0.25, -0.2) is 0 Å². The molecule has 2 amide bonds. The van der Waals surface area contributed by atoms with Gasteiger partial charge in [0.2, 0.25) is 0 Å². The maximum atomic E-state index is 14.9. The van der Waals surface area contributed by atoms with Gasteiger partial charge in [0.15, 0.2) is 18.1 Å². The number of phenols is 1. The maximum absolute atomic E-state index is 14.9. The number of carbonyl (C=O) groups is 2. The van der Waals surface area contributed by atoms with Crippen molar-refractivity contribution in [2.24, 2.45) is 5.73 Å². The Labute approximate surface area is 280 Å². The molecular weight excluding hydrogens is 604 g/mol. The number of piperazine rings is 1. The van der Waals surface area contributed by atoms with Gasteiger partial charge in [0, 0.05) is 37.9 Å². The Hall–Kier alpha value is -5.54. The molecule has 0 spiro atoms. The number of amides is 2. The molecule has 1 saturated heterocycles. The number of carbonyl (C=O) groups excluding carboxylic acids is 2. The molecule has 2 heterocycles. The lowest BCUT2D eigenvalue weighted by Gasteiger charge is -2.42. The van der Waals surface area contributed by atoms with Crippen molar-refractivity contribution < 1.29 is 24.2 Å². The Kier molecular flexibility index (Phi) is 9.78. The molecule has 1 fully saturated rings. The Bertz CT molecular complexity index is 1870. The number of methoxy groups -OCH3 is 1. The molecule has 9 nitrogen and oxygen atoms in total. The minimum atomic E-state index is -0.568. The van der Waals surface area contributed by atoms with E-state index in [1.807, 2.05) is 64.9 Å². The summed E-state index contributed by atoms with van der Waals surface area (Å²) in [5.41, 5.74) is 11.0. The van der Waals surface area contributed by atoms with Crippen molar-refractivity contribution in [1.82, 2.24) is 14.4 Å². The van der Waals surface area contributed by atoms with Crippen LogP contribution in [0.25, 0.3) is 16.9 Å². The van der Waals surface area contributed by atoms with Crippen LogP contribution in [0.2, 0.25) is 0 Å². The van der Waals surface area contributed by atoms with Crippen LogP contribution in [0.5, 0.6) is 17.2 Å². The lowest BCUT2D eigenvalue weighted by atomic mass is 9.99. The number of benzene rings is 4. The molecule has 1 aromatic heterocycles. The average Bonchev–Trinajstić information content (AvgIpc) is 3.44. The highest BCUT2D eigenvalue weighted by Gasteiger charge is 2.34. The fraction of sp³-hybridized carbons (Fsp3) is 0.231. The van der Waals surface area contributed by atoms with E-state index in [9.17, 15) is 14.7 Å². The van der Waals surface area contributed by atoms with Crippen molar-refractivity contribution >= 4 is 11.8 Å². The summed E-state index contributed by atoms with van der Waals surface area (Å²) in [7, 11) is 1.51. The molecular formula is C39H40N4O5. The molecule has 3 N–H and O–H groups in total. The maximum Gasteiger partial charge on any atom is 0.256 e. The minimum Gasteiger partial charge on any atom is -0.504 e. The number of rotatable bonds is 11. The SMILES string of the molecule is COc1c(O)cccc1-n1c(C)cc(C(=O)N2CCN(Cc3ccccc3)C[C@H]2Cc2ccccc2)c1-c1ccc(OCC(N)=O)cc1. The Balaban J connectivity index is 1.41. The van der Waals surface area contributed by atoms with Crippen LogP contribution >= 0.6 is 0 Å². The van der Waals surface area contributed by atoms with Crippen LogP contribution in [0.4, 0.5) is 0 Å². The predicted molar refractivity (Wildman–Crippen MR) is 186 cm³/mol. The first-order chi connectivity index (χ1) is 23.3. The number of primary amides is 1. The van der Waals surface area contributed by atoms with E-state index < -0.39 is 5.91 Å². The summed E-state index contributed by atoms with van der Waals surface area (Å²) < 4.78 is 13.1. The van der Waals surface area contributed by atoms with Gasteiger partial charge < -0.3 is 29.8 Å². The van der Waals surface area contributed by atoms with Gasteiger partial charge in [-0.05, 0) is 72.5 Å². The second-order valence-electron chi connectivity index (χ2n) is 12.1. The zero-order valence-electron chi connectivity index (χ0n) is 27.2. The number of nitrogens with two attached hydrogens (primary N) is 1. The van der Waals surface area contributed by atoms with Crippen LogP contribution in [-0.4, -0.2) is 70.7 Å². The summed E-state index contributed by atoms with van der Waals surface area (Å²) in [5, 5.41) is 10.7. The zero-order valence-corrected chi connectivity index (χ0v) is 27.2. The molecule has 0 aliphatic carbocycles. The van der Waals surface area contributed by atoms with Crippen molar-refractivity contribution in [3.63, 3.8) is 0 Å². The van der Waals surface area contributed by atoms with Crippen molar-refractivity contribution in [1.29, 1.82) is 0 Å². The van der Waals surface area contributed by atoms with Gasteiger partial charge in [0.05, 0.1) is 24.1 Å². The third-order valence-corrected chi connectivity index (χ3v) is 8.73. The first kappa shape index (κ1) is 32.4. The van der Waals surface area contributed by atoms with E-state index in [2.05, 4.69) is 41.3 Å². The first-order valence-electron chi connectivity index (χ1n) is 16.0. The standard InChI is InChI=1S/C39H40N4O5/c1-27-22-33(37(30-16-18-32(19-17-30)48-26-36(40)45)43(27)34-14-9-15-35(44)38(34)47-2)39(46)42-21-20-41(24-29-12-7-4-8-13-29)25-31(42)23-28-10-5-3-6-11-28/h3-19,22,31,44H,20-21,23-26H2,1-2H3,(H2,40,45)/t31-/m1/s1. The van der Waals surface area contributed by atoms with Crippen LogP contribution in [0.15, 0.2) is 109 Å². The summed E-state index contributed by atoms with van der Waals surface area (Å²) in [6, 6.07) is 35.0. The topological polar surface area (TPSA) is 110 Å². The molecule has 0 unspecified atom stereocenters. The molecule has 1 aliphatic rings. The van der Waals surface area contributed by atoms with Gasteiger partial charge >= 0.3 is 0 Å². The number of nitrogens with zero attached hydrogens (tertiary/aromatic N) is 3. The third-order valence-electron chi connectivity index (χ3n) is 8.73. The number of hydrogen-bond acceptors (Lipinski definition) is 6. The molecule has 5 aromatic rings. The molecule has 1 atom stereocenters. The van der Waals surface area contributed by atoms with Gasteiger partial charge in [-0.3, -0.25) is 14.5 Å². The Morgan fingerprint density at radius 1 is 0.875 bits per heavy atom. The first-order valence-corrected chi connectivity index (χ1v) is 16.0.